The molecule has 0 N–H and O–H groups in total. The molecule has 0 fully saturated rings. The number of rotatable bonds is 4. The van der Waals surface area contributed by atoms with Gasteiger partial charge in [-0.2, -0.15) is 0 Å². The van der Waals surface area contributed by atoms with Gasteiger partial charge in [0.05, 0.1) is 17.7 Å². The van der Waals surface area contributed by atoms with E-state index < -0.39 is 8.72 Å². The minimum atomic E-state index is -1.98. The molecule has 2 rings (SSSR count). The van der Waals surface area contributed by atoms with Crippen molar-refractivity contribution >= 4 is 52.6 Å². The highest BCUT2D eigenvalue weighted by Gasteiger charge is 2.33. The molecule has 0 radical (unpaired) electrons. The molecule has 1 aromatic carbocycles. The van der Waals surface area contributed by atoms with Gasteiger partial charge < -0.3 is 4.74 Å². The van der Waals surface area contributed by atoms with Crippen molar-refractivity contribution in [2.45, 2.75) is 3.79 Å². The van der Waals surface area contributed by atoms with Gasteiger partial charge in [0, 0.05) is 6.07 Å². The SMILES string of the molecule is COc1ccc(C=Cc2ccc([N+](=O)[O-])c(C(Cl)(Cl)Cl)n2)cc1. The van der Waals surface area contributed by atoms with Crippen LogP contribution in [0.15, 0.2) is 36.4 Å². The maximum absolute atomic E-state index is 11.0. The molecule has 1 heterocycles. The zero-order valence-corrected chi connectivity index (χ0v) is 14.1. The van der Waals surface area contributed by atoms with Crippen molar-refractivity contribution in [1.29, 1.82) is 0 Å². The zero-order valence-electron chi connectivity index (χ0n) is 11.9. The number of nitro groups is 1. The zero-order chi connectivity index (χ0) is 17.0. The molecule has 120 valence electrons. The fourth-order valence-electron chi connectivity index (χ4n) is 1.81. The molecule has 2 aromatic rings. The van der Waals surface area contributed by atoms with Crippen LogP contribution < -0.4 is 4.74 Å². The summed E-state index contributed by atoms with van der Waals surface area (Å²) in [7, 11) is 1.59. The van der Waals surface area contributed by atoms with Crippen LogP contribution in [0.3, 0.4) is 0 Å². The Morgan fingerprint density at radius 3 is 2.30 bits per heavy atom. The van der Waals surface area contributed by atoms with Crippen LogP contribution in [-0.4, -0.2) is 17.0 Å². The van der Waals surface area contributed by atoms with Gasteiger partial charge in [-0.1, -0.05) is 53.0 Å². The van der Waals surface area contributed by atoms with Crippen LogP contribution >= 0.6 is 34.8 Å². The predicted molar refractivity (Wildman–Crippen MR) is 92.1 cm³/mol. The van der Waals surface area contributed by atoms with E-state index in [0.717, 1.165) is 11.3 Å². The van der Waals surface area contributed by atoms with Gasteiger partial charge in [-0.25, -0.2) is 4.98 Å². The smallest absolute Gasteiger partial charge is 0.295 e. The molecule has 0 bridgehead atoms. The number of benzene rings is 1. The normalized spacial score (nSPS) is 11.7. The van der Waals surface area contributed by atoms with Crippen LogP contribution in [0.5, 0.6) is 5.75 Å². The van der Waals surface area contributed by atoms with Gasteiger partial charge in [-0.15, -0.1) is 0 Å². The number of pyridine rings is 1. The van der Waals surface area contributed by atoms with Gasteiger partial charge in [0.15, 0.2) is 5.69 Å². The summed E-state index contributed by atoms with van der Waals surface area (Å²) in [6, 6.07) is 10.1. The third kappa shape index (κ3) is 4.58. The molecule has 0 saturated heterocycles. The first-order valence-corrected chi connectivity index (χ1v) is 7.49. The van der Waals surface area contributed by atoms with Gasteiger partial charge in [0.1, 0.15) is 5.75 Å². The van der Waals surface area contributed by atoms with E-state index in [1.165, 1.54) is 12.1 Å². The molecular weight excluding hydrogens is 363 g/mol. The number of aromatic nitrogens is 1. The summed E-state index contributed by atoms with van der Waals surface area (Å²) in [5, 5.41) is 11.0. The van der Waals surface area contributed by atoms with Crippen LogP contribution in [0.4, 0.5) is 5.69 Å². The second kappa shape index (κ2) is 7.17. The highest BCUT2D eigenvalue weighted by molar-refractivity contribution is 6.66. The Bertz CT molecular complexity index is 741. The summed E-state index contributed by atoms with van der Waals surface area (Å²) in [6.45, 7) is 0. The van der Waals surface area contributed by atoms with Crippen LogP contribution in [0, 0.1) is 10.1 Å². The van der Waals surface area contributed by atoms with Gasteiger partial charge in [-0.05, 0) is 29.8 Å². The van der Waals surface area contributed by atoms with Crippen molar-refractivity contribution in [3.8, 4) is 5.75 Å². The Balaban J connectivity index is 2.32. The summed E-state index contributed by atoms with van der Waals surface area (Å²) < 4.78 is 3.10. The number of ether oxygens (including phenoxy) is 1. The predicted octanol–water partition coefficient (Wildman–Crippen LogP) is 5.00. The largest absolute Gasteiger partial charge is 0.497 e. The third-order valence-corrected chi connectivity index (χ3v) is 3.46. The highest BCUT2D eigenvalue weighted by Crippen LogP contribution is 2.41. The topological polar surface area (TPSA) is 65.3 Å². The van der Waals surface area contributed by atoms with Crippen molar-refractivity contribution in [3.63, 3.8) is 0 Å². The van der Waals surface area contributed by atoms with E-state index in [9.17, 15) is 10.1 Å². The van der Waals surface area contributed by atoms with Crippen molar-refractivity contribution in [3.05, 3.63) is 63.5 Å². The van der Waals surface area contributed by atoms with E-state index in [2.05, 4.69) is 4.98 Å². The maximum Gasteiger partial charge on any atom is 0.295 e. The van der Waals surface area contributed by atoms with E-state index in [1.54, 1.807) is 19.3 Å². The number of hydrogen-bond donors (Lipinski definition) is 0. The summed E-state index contributed by atoms with van der Waals surface area (Å²) in [5.74, 6) is 0.745. The highest BCUT2D eigenvalue weighted by atomic mass is 35.6. The summed E-state index contributed by atoms with van der Waals surface area (Å²) in [4.78, 5) is 14.4. The Morgan fingerprint density at radius 2 is 1.78 bits per heavy atom. The lowest BCUT2D eigenvalue weighted by Gasteiger charge is -2.10. The van der Waals surface area contributed by atoms with Crippen molar-refractivity contribution in [2.24, 2.45) is 0 Å². The lowest BCUT2D eigenvalue weighted by Crippen LogP contribution is -2.09. The lowest BCUT2D eigenvalue weighted by molar-refractivity contribution is -0.385. The molecule has 0 aliphatic heterocycles. The fourth-order valence-corrected chi connectivity index (χ4v) is 2.23. The first-order valence-electron chi connectivity index (χ1n) is 6.36. The number of hydrogen-bond acceptors (Lipinski definition) is 4. The van der Waals surface area contributed by atoms with Gasteiger partial charge in [0.25, 0.3) is 5.69 Å². The summed E-state index contributed by atoms with van der Waals surface area (Å²) >= 11 is 17.3. The summed E-state index contributed by atoms with van der Waals surface area (Å²) in [6.07, 6.45) is 3.46. The number of alkyl halides is 3. The molecule has 0 amide bonds. The monoisotopic (exact) mass is 372 g/mol. The first-order chi connectivity index (χ1) is 10.8. The minimum Gasteiger partial charge on any atom is -0.497 e. The van der Waals surface area contributed by atoms with Crippen LogP contribution in [0.1, 0.15) is 17.0 Å². The lowest BCUT2D eigenvalue weighted by atomic mass is 10.2. The quantitative estimate of drug-likeness (QED) is 0.430. The van der Waals surface area contributed by atoms with Crippen molar-refractivity contribution in [2.75, 3.05) is 7.11 Å². The molecule has 0 unspecified atom stereocenters. The average Bonchev–Trinajstić information content (AvgIpc) is 2.52. The van der Waals surface area contributed by atoms with Gasteiger partial charge in [0.2, 0.25) is 3.79 Å². The standard InChI is InChI=1S/C15H11Cl3N2O3/c1-23-12-7-3-10(4-8-12)2-5-11-6-9-13(20(21)22)14(19-11)15(16,17)18/h2-9H,1H3. The van der Waals surface area contributed by atoms with E-state index in [1.807, 2.05) is 24.3 Å². The van der Waals surface area contributed by atoms with E-state index in [-0.39, 0.29) is 11.4 Å². The molecule has 0 spiro atoms. The molecular formula is C15H11Cl3N2O3. The van der Waals surface area contributed by atoms with Crippen LogP contribution in [0.2, 0.25) is 0 Å². The Morgan fingerprint density at radius 1 is 1.13 bits per heavy atom. The first kappa shape index (κ1) is 17.5. The molecule has 1 aromatic heterocycles. The van der Waals surface area contributed by atoms with E-state index >= 15 is 0 Å². The van der Waals surface area contributed by atoms with Gasteiger partial charge >= 0.3 is 0 Å². The Labute approximate surface area is 147 Å². The average molecular weight is 374 g/mol. The number of methoxy groups -OCH3 is 1. The number of nitrogens with zero attached hydrogens (tertiary/aromatic N) is 2. The fraction of sp³-hybridized carbons (Fsp3) is 0.133. The molecule has 5 nitrogen and oxygen atoms in total. The van der Waals surface area contributed by atoms with Crippen LogP contribution in [-0.2, 0) is 3.79 Å². The third-order valence-electron chi connectivity index (χ3n) is 2.92. The molecule has 0 atom stereocenters. The van der Waals surface area contributed by atoms with Crippen molar-refractivity contribution in [1.82, 2.24) is 4.98 Å². The molecule has 23 heavy (non-hydrogen) atoms. The molecule has 0 aliphatic rings. The minimum absolute atomic E-state index is 0.218. The molecule has 8 heteroatoms. The number of halogens is 3. The second-order valence-electron chi connectivity index (χ2n) is 4.47. The molecule has 0 saturated carbocycles. The van der Waals surface area contributed by atoms with E-state index in [4.69, 9.17) is 39.5 Å². The van der Waals surface area contributed by atoms with Gasteiger partial charge in [-0.3, -0.25) is 10.1 Å². The van der Waals surface area contributed by atoms with Crippen LogP contribution in [0.25, 0.3) is 12.2 Å². The van der Waals surface area contributed by atoms with E-state index in [0.29, 0.717) is 5.69 Å². The molecule has 0 aliphatic carbocycles. The second-order valence-corrected chi connectivity index (χ2v) is 6.75. The Kier molecular flexibility index (Phi) is 5.46. The Hall–Kier alpha value is -1.82. The maximum atomic E-state index is 11.0. The summed E-state index contributed by atoms with van der Waals surface area (Å²) in [5.41, 5.74) is 0.783. The van der Waals surface area contributed by atoms with Crippen molar-refractivity contribution < 1.29 is 9.66 Å².